The summed E-state index contributed by atoms with van der Waals surface area (Å²) in [6.07, 6.45) is -1.06. The molecule has 0 aromatic heterocycles. The molecular weight excluding hydrogens is 466 g/mol. The number of nitrogens with two attached hydrogens (primary N) is 2. The van der Waals surface area contributed by atoms with Crippen LogP contribution in [-0.2, 0) is 11.3 Å². The highest BCUT2D eigenvalue weighted by atomic mass is 16.6. The molecule has 0 radical (unpaired) electrons. The van der Waals surface area contributed by atoms with Gasteiger partial charge < -0.3 is 41.5 Å². The molecule has 3 aromatic rings. The number of hydrogen-bond acceptors (Lipinski definition) is 8. The van der Waals surface area contributed by atoms with Crippen molar-refractivity contribution in [2.75, 3.05) is 19.5 Å². The van der Waals surface area contributed by atoms with Crippen LogP contribution < -0.4 is 36.3 Å². The first kappa shape index (κ1) is 25.7. The summed E-state index contributed by atoms with van der Waals surface area (Å²) in [6.45, 7) is 0.263. The second-order valence-corrected chi connectivity index (χ2v) is 7.51. The number of amidine groups is 1. The maximum Gasteiger partial charge on any atom is 0.409 e. The van der Waals surface area contributed by atoms with Gasteiger partial charge in [0, 0.05) is 29.4 Å². The van der Waals surface area contributed by atoms with Crippen molar-refractivity contribution in [1.82, 2.24) is 5.32 Å². The molecule has 0 aliphatic carbocycles. The number of carbonyl (C=O) groups excluding carboxylic acids is 2. The van der Waals surface area contributed by atoms with Gasteiger partial charge >= 0.3 is 6.09 Å². The Labute approximate surface area is 207 Å². The van der Waals surface area contributed by atoms with Gasteiger partial charge in [0.25, 0.3) is 0 Å². The van der Waals surface area contributed by atoms with E-state index in [1.807, 2.05) is 30.3 Å². The molecule has 1 atom stereocenters. The number of amides is 2. The van der Waals surface area contributed by atoms with Crippen molar-refractivity contribution >= 4 is 23.5 Å². The number of anilines is 1. The molecule has 0 spiro atoms. The molecule has 0 heterocycles. The molecule has 11 heteroatoms. The average molecular weight is 494 g/mol. The molecule has 36 heavy (non-hydrogen) atoms. The van der Waals surface area contributed by atoms with Crippen molar-refractivity contribution < 1.29 is 29.0 Å². The molecule has 188 valence electrons. The molecule has 0 aliphatic heterocycles. The van der Waals surface area contributed by atoms with E-state index in [0.29, 0.717) is 17.0 Å². The van der Waals surface area contributed by atoms with Crippen molar-refractivity contribution in [2.24, 2.45) is 16.6 Å². The number of carbonyl (C=O) groups is 2. The fraction of sp³-hybridized carbons (Fsp3) is 0.160. The lowest BCUT2D eigenvalue weighted by molar-refractivity contribution is -0.122. The van der Waals surface area contributed by atoms with E-state index >= 15 is 0 Å². The minimum absolute atomic E-state index is 0.0146. The van der Waals surface area contributed by atoms with E-state index in [2.05, 4.69) is 15.8 Å². The molecule has 0 aliphatic rings. The minimum Gasteiger partial charge on any atom is -0.493 e. The summed E-state index contributed by atoms with van der Waals surface area (Å²) in [6, 6.07) is 17.8. The van der Waals surface area contributed by atoms with Crippen LogP contribution >= 0.6 is 0 Å². The topological polar surface area (TPSA) is 171 Å². The van der Waals surface area contributed by atoms with E-state index in [-0.39, 0.29) is 29.4 Å². The predicted molar refractivity (Wildman–Crippen MR) is 133 cm³/mol. The van der Waals surface area contributed by atoms with Crippen LogP contribution in [0.1, 0.15) is 22.7 Å². The second-order valence-electron chi connectivity index (χ2n) is 7.51. The quantitative estimate of drug-likeness (QED) is 0.124. The maximum absolute atomic E-state index is 13.4. The van der Waals surface area contributed by atoms with Gasteiger partial charge in [-0.1, -0.05) is 35.5 Å². The fourth-order valence-electron chi connectivity index (χ4n) is 3.43. The Morgan fingerprint density at radius 3 is 2.17 bits per heavy atom. The van der Waals surface area contributed by atoms with Gasteiger partial charge in [-0.3, -0.25) is 4.79 Å². The number of ether oxygens (including phenoxy) is 3. The lowest BCUT2D eigenvalue weighted by atomic mass is 10.0. The Bertz CT molecular complexity index is 1230. The lowest BCUT2D eigenvalue weighted by Gasteiger charge is -2.23. The van der Waals surface area contributed by atoms with Crippen molar-refractivity contribution in [3.63, 3.8) is 0 Å². The van der Waals surface area contributed by atoms with Crippen LogP contribution in [0.25, 0.3) is 0 Å². The number of rotatable bonds is 10. The maximum atomic E-state index is 13.4. The molecule has 2 amide bonds. The molecule has 7 N–H and O–H groups in total. The standard InChI is InChI=1S/C25H27N5O6/c1-34-20-12-18(19(36-25(27)32)13-21(20)35-2)22(24(31)28-14-15-6-4-3-5-7-15)29-17-10-8-16(9-11-17)23(26)30-33/h3-13,22,29,33H,14H2,1-2H3,(H2,26,30)(H2,27,32)(H,28,31). The van der Waals surface area contributed by atoms with Crippen molar-refractivity contribution in [1.29, 1.82) is 0 Å². The van der Waals surface area contributed by atoms with Crippen LogP contribution in [-0.4, -0.2) is 37.3 Å². The van der Waals surface area contributed by atoms with Gasteiger partial charge in [-0.25, -0.2) is 4.79 Å². The molecular formula is C25H27N5O6. The van der Waals surface area contributed by atoms with Crippen molar-refractivity contribution in [3.05, 3.63) is 83.4 Å². The van der Waals surface area contributed by atoms with E-state index < -0.39 is 18.0 Å². The van der Waals surface area contributed by atoms with Gasteiger partial charge in [0.15, 0.2) is 17.3 Å². The first-order chi connectivity index (χ1) is 17.4. The minimum atomic E-state index is -1.06. The van der Waals surface area contributed by atoms with Gasteiger partial charge in [-0.05, 0) is 35.9 Å². The summed E-state index contributed by atoms with van der Waals surface area (Å²) < 4.78 is 15.9. The summed E-state index contributed by atoms with van der Waals surface area (Å²) in [4.78, 5) is 25.1. The number of methoxy groups -OCH3 is 2. The number of nitrogens with one attached hydrogen (secondary N) is 2. The third kappa shape index (κ3) is 6.35. The summed E-state index contributed by atoms with van der Waals surface area (Å²) >= 11 is 0. The monoisotopic (exact) mass is 493 g/mol. The highest BCUT2D eigenvalue weighted by molar-refractivity contribution is 5.97. The third-order valence-electron chi connectivity index (χ3n) is 5.21. The van der Waals surface area contributed by atoms with Crippen LogP contribution in [0.15, 0.2) is 71.9 Å². The molecule has 0 bridgehead atoms. The van der Waals surface area contributed by atoms with Crippen LogP contribution in [0.2, 0.25) is 0 Å². The van der Waals surface area contributed by atoms with Crippen molar-refractivity contribution in [3.8, 4) is 17.2 Å². The smallest absolute Gasteiger partial charge is 0.409 e. The van der Waals surface area contributed by atoms with Crippen LogP contribution in [0.3, 0.4) is 0 Å². The molecule has 0 saturated heterocycles. The Balaban J connectivity index is 2.02. The number of benzene rings is 3. The summed E-state index contributed by atoms with van der Waals surface area (Å²) in [5, 5.41) is 17.9. The number of primary amides is 1. The Hall–Kier alpha value is -4.93. The first-order valence-electron chi connectivity index (χ1n) is 10.8. The highest BCUT2D eigenvalue weighted by Gasteiger charge is 2.27. The number of nitrogens with zero attached hydrogens (tertiary/aromatic N) is 1. The van der Waals surface area contributed by atoms with E-state index in [1.54, 1.807) is 24.3 Å². The zero-order chi connectivity index (χ0) is 26.1. The normalized spacial score (nSPS) is 11.8. The van der Waals surface area contributed by atoms with E-state index in [9.17, 15) is 9.59 Å². The lowest BCUT2D eigenvalue weighted by Crippen LogP contribution is -2.34. The molecule has 0 fully saturated rings. The van der Waals surface area contributed by atoms with Gasteiger partial charge in [0.1, 0.15) is 11.8 Å². The molecule has 3 aromatic carbocycles. The first-order valence-corrected chi connectivity index (χ1v) is 10.8. The highest BCUT2D eigenvalue weighted by Crippen LogP contribution is 2.39. The SMILES string of the molecule is COc1cc(OC(N)=O)c(C(Nc2ccc(C(N)=NO)cc2)C(=O)NCc2ccccc2)cc1OC. The Kier molecular flexibility index (Phi) is 8.54. The van der Waals surface area contributed by atoms with E-state index in [4.69, 9.17) is 30.9 Å². The molecule has 3 rings (SSSR count). The second kappa shape index (κ2) is 12.0. The fourth-order valence-corrected chi connectivity index (χ4v) is 3.43. The number of oxime groups is 1. The summed E-state index contributed by atoms with van der Waals surface area (Å²) in [5.41, 5.74) is 13.1. The van der Waals surface area contributed by atoms with Gasteiger partial charge in [0.05, 0.1) is 14.2 Å². The molecule has 0 saturated carbocycles. The Morgan fingerprint density at radius 1 is 0.944 bits per heavy atom. The van der Waals surface area contributed by atoms with E-state index in [0.717, 1.165) is 5.56 Å². The molecule has 11 nitrogen and oxygen atoms in total. The van der Waals surface area contributed by atoms with Gasteiger partial charge in [-0.2, -0.15) is 0 Å². The van der Waals surface area contributed by atoms with E-state index in [1.165, 1.54) is 26.4 Å². The Morgan fingerprint density at radius 2 is 1.58 bits per heavy atom. The third-order valence-corrected chi connectivity index (χ3v) is 5.21. The zero-order valence-electron chi connectivity index (χ0n) is 19.7. The molecule has 1 unspecified atom stereocenters. The van der Waals surface area contributed by atoms with Gasteiger partial charge in [0.2, 0.25) is 5.91 Å². The van der Waals surface area contributed by atoms with Crippen LogP contribution in [0.5, 0.6) is 17.2 Å². The number of hydrogen-bond donors (Lipinski definition) is 5. The zero-order valence-corrected chi connectivity index (χ0v) is 19.7. The summed E-state index contributed by atoms with van der Waals surface area (Å²) in [7, 11) is 2.87. The van der Waals surface area contributed by atoms with Crippen LogP contribution in [0.4, 0.5) is 10.5 Å². The predicted octanol–water partition coefficient (Wildman–Crippen LogP) is 2.73. The largest absolute Gasteiger partial charge is 0.493 e. The van der Waals surface area contributed by atoms with Crippen molar-refractivity contribution in [2.45, 2.75) is 12.6 Å². The van der Waals surface area contributed by atoms with Gasteiger partial charge in [-0.15, -0.1) is 0 Å². The average Bonchev–Trinajstić information content (AvgIpc) is 2.90. The van der Waals surface area contributed by atoms with Crippen LogP contribution in [0, 0.1) is 0 Å². The summed E-state index contributed by atoms with van der Waals surface area (Å²) in [5.74, 6) is 0.135.